The van der Waals surface area contributed by atoms with Crippen molar-refractivity contribution in [2.45, 2.75) is 5.92 Å². The number of carbonyl (C=O) groups excluding carboxylic acids is 1. The fourth-order valence-electron chi connectivity index (χ4n) is 1.77. The van der Waals surface area contributed by atoms with Gasteiger partial charge in [0.15, 0.2) is 5.84 Å². The molecular weight excluding hydrogens is 246 g/mol. The van der Waals surface area contributed by atoms with E-state index in [0.29, 0.717) is 5.56 Å². The van der Waals surface area contributed by atoms with E-state index in [-0.39, 0.29) is 11.7 Å². The highest BCUT2D eigenvalue weighted by Gasteiger charge is 2.28. The van der Waals surface area contributed by atoms with Crippen LogP contribution in [0.5, 0.6) is 0 Å². The van der Waals surface area contributed by atoms with Crippen LogP contribution in [0.25, 0.3) is 0 Å². The second-order valence-corrected chi connectivity index (χ2v) is 3.76. The lowest BCUT2D eigenvalue weighted by molar-refractivity contribution is -0.120. The third kappa shape index (κ3) is 2.59. The molecule has 2 rings (SSSR count). The van der Waals surface area contributed by atoms with Gasteiger partial charge in [-0.25, -0.2) is 9.67 Å². The van der Waals surface area contributed by atoms with Gasteiger partial charge < -0.3 is 10.5 Å². The van der Waals surface area contributed by atoms with Crippen LogP contribution in [0.15, 0.2) is 48.1 Å². The number of nitrogens with zero attached hydrogens (tertiary/aromatic N) is 4. The Bertz CT molecular complexity index is 565. The largest absolute Gasteiger partial charge is 0.409 e. The van der Waals surface area contributed by atoms with Crippen LogP contribution in [-0.4, -0.2) is 38.8 Å². The predicted molar refractivity (Wildman–Crippen MR) is 67.9 cm³/mol. The molecule has 98 valence electrons. The molecule has 2 N–H and O–H groups in total. The van der Waals surface area contributed by atoms with E-state index < -0.39 is 5.92 Å². The normalized spacial score (nSPS) is 13.0. The monoisotopic (exact) mass is 259 g/mol. The molecule has 1 aromatic carbocycles. The molecule has 0 bridgehead atoms. The average Bonchev–Trinajstić information content (AvgIpc) is 2.98. The van der Waals surface area contributed by atoms with Crippen LogP contribution >= 0.6 is 0 Å². The van der Waals surface area contributed by atoms with Crippen LogP contribution in [0.3, 0.4) is 0 Å². The maximum absolute atomic E-state index is 12.0. The summed E-state index contributed by atoms with van der Waals surface area (Å²) in [5.74, 6) is -0.976. The van der Waals surface area contributed by atoms with Crippen molar-refractivity contribution in [3.63, 3.8) is 0 Å². The Morgan fingerprint density at radius 2 is 2.16 bits per heavy atom. The van der Waals surface area contributed by atoms with Crippen molar-refractivity contribution in [3.05, 3.63) is 48.5 Å². The Hall–Kier alpha value is -2.70. The maximum Gasteiger partial charge on any atom is 0.235 e. The zero-order valence-corrected chi connectivity index (χ0v) is 10.3. The molecule has 1 heterocycles. The van der Waals surface area contributed by atoms with E-state index in [9.17, 15) is 10.0 Å². The van der Waals surface area contributed by atoms with Crippen molar-refractivity contribution < 1.29 is 10.0 Å². The molecule has 7 heteroatoms. The van der Waals surface area contributed by atoms with Gasteiger partial charge in [-0.3, -0.25) is 4.79 Å². The van der Waals surface area contributed by atoms with Crippen molar-refractivity contribution in [1.82, 2.24) is 20.1 Å². The van der Waals surface area contributed by atoms with Crippen LogP contribution in [0.4, 0.5) is 0 Å². The van der Waals surface area contributed by atoms with E-state index in [0.717, 1.165) is 0 Å². The Kier molecular flexibility index (Phi) is 3.87. The third-order valence-electron chi connectivity index (χ3n) is 2.66. The Labute approximate surface area is 109 Å². The summed E-state index contributed by atoms with van der Waals surface area (Å²) in [6.45, 7) is 0. The van der Waals surface area contributed by atoms with Crippen LogP contribution in [0, 0.1) is 0 Å². The van der Waals surface area contributed by atoms with E-state index in [1.54, 1.807) is 12.1 Å². The molecule has 1 aromatic heterocycles. The van der Waals surface area contributed by atoms with Gasteiger partial charge in [-0.1, -0.05) is 35.5 Å². The molecule has 2 aromatic rings. The number of oxime groups is 1. The fraction of sp³-hybridized carbons (Fsp3) is 0.167. The fourth-order valence-corrected chi connectivity index (χ4v) is 1.77. The van der Waals surface area contributed by atoms with Crippen LogP contribution in [0.1, 0.15) is 11.5 Å². The van der Waals surface area contributed by atoms with Gasteiger partial charge >= 0.3 is 0 Å². The molecule has 1 amide bonds. The number of hydrogen-bond acceptors (Lipinski definition) is 5. The lowest BCUT2D eigenvalue weighted by Gasteiger charge is -2.16. The summed E-state index contributed by atoms with van der Waals surface area (Å²) in [7, 11) is 1.52. The molecule has 0 aliphatic carbocycles. The summed E-state index contributed by atoms with van der Waals surface area (Å²) >= 11 is 0. The third-order valence-corrected chi connectivity index (χ3v) is 2.66. The molecule has 0 aliphatic heterocycles. The summed E-state index contributed by atoms with van der Waals surface area (Å²) < 4.78 is 1.26. The van der Waals surface area contributed by atoms with E-state index in [1.165, 1.54) is 24.4 Å². The maximum atomic E-state index is 12.0. The molecule has 0 spiro atoms. The zero-order valence-electron chi connectivity index (χ0n) is 10.3. The zero-order chi connectivity index (χ0) is 13.7. The second kappa shape index (κ2) is 5.76. The molecule has 0 saturated heterocycles. The quantitative estimate of drug-likeness (QED) is 0.362. The van der Waals surface area contributed by atoms with Crippen LogP contribution < -0.4 is 5.32 Å². The number of hydrogen-bond donors (Lipinski definition) is 2. The molecule has 0 saturated carbocycles. The number of carbonyl (C=O) groups is 1. The van der Waals surface area contributed by atoms with Gasteiger partial charge in [0.2, 0.25) is 5.91 Å². The second-order valence-electron chi connectivity index (χ2n) is 3.76. The number of amides is 1. The smallest absolute Gasteiger partial charge is 0.235 e. The SMILES string of the molecule is CNC(=O)C(C(=NO)n1cncn1)c1ccccc1. The lowest BCUT2D eigenvalue weighted by Crippen LogP contribution is -2.35. The summed E-state index contributed by atoms with van der Waals surface area (Å²) in [5.41, 5.74) is 0.699. The average molecular weight is 259 g/mol. The van der Waals surface area contributed by atoms with E-state index in [1.807, 2.05) is 18.2 Å². The standard InChI is InChI=1S/C12H13N5O2/c1-13-12(18)10(9-5-3-2-4-6-9)11(16-19)17-8-14-7-15-17/h2-8,10,19H,1H3,(H,13,18). The molecule has 7 nitrogen and oxygen atoms in total. The number of nitrogens with one attached hydrogen (secondary N) is 1. The predicted octanol–water partition coefficient (Wildman–Crippen LogP) is 0.444. The molecular formula is C12H13N5O2. The van der Waals surface area contributed by atoms with E-state index in [4.69, 9.17) is 0 Å². The Morgan fingerprint density at radius 1 is 1.42 bits per heavy atom. The highest BCUT2D eigenvalue weighted by Crippen LogP contribution is 2.18. The first-order valence-electron chi connectivity index (χ1n) is 5.61. The first kappa shape index (κ1) is 12.7. The molecule has 0 fully saturated rings. The van der Waals surface area contributed by atoms with Gasteiger partial charge in [0.05, 0.1) is 0 Å². The summed E-state index contributed by atoms with van der Waals surface area (Å²) in [6, 6.07) is 9.02. The van der Waals surface area contributed by atoms with Gasteiger partial charge in [-0.15, -0.1) is 0 Å². The van der Waals surface area contributed by atoms with Gasteiger partial charge in [0.1, 0.15) is 18.6 Å². The number of rotatable bonds is 3. The van der Waals surface area contributed by atoms with Gasteiger partial charge in [-0.2, -0.15) is 5.10 Å². The van der Waals surface area contributed by atoms with Gasteiger partial charge in [0, 0.05) is 7.05 Å². The molecule has 1 atom stereocenters. The van der Waals surface area contributed by atoms with Crippen LogP contribution in [0.2, 0.25) is 0 Å². The van der Waals surface area contributed by atoms with Gasteiger partial charge in [-0.05, 0) is 5.56 Å². The highest BCUT2D eigenvalue weighted by molar-refractivity contribution is 6.08. The first-order valence-corrected chi connectivity index (χ1v) is 5.61. The minimum atomic E-state index is -0.766. The van der Waals surface area contributed by atoms with E-state index in [2.05, 4.69) is 20.6 Å². The summed E-state index contributed by atoms with van der Waals surface area (Å²) in [4.78, 5) is 15.8. The topological polar surface area (TPSA) is 92.4 Å². The van der Waals surface area contributed by atoms with Crippen molar-refractivity contribution in [2.75, 3.05) is 7.05 Å². The van der Waals surface area contributed by atoms with Crippen molar-refractivity contribution in [2.24, 2.45) is 5.16 Å². The minimum absolute atomic E-state index is 0.0862. The van der Waals surface area contributed by atoms with Gasteiger partial charge in [0.25, 0.3) is 0 Å². The van der Waals surface area contributed by atoms with Crippen molar-refractivity contribution >= 4 is 11.7 Å². The highest BCUT2D eigenvalue weighted by atomic mass is 16.4. The molecule has 1 unspecified atom stereocenters. The van der Waals surface area contributed by atoms with Crippen molar-refractivity contribution in [1.29, 1.82) is 0 Å². The molecule has 19 heavy (non-hydrogen) atoms. The Balaban J connectivity index is 2.47. The minimum Gasteiger partial charge on any atom is -0.409 e. The van der Waals surface area contributed by atoms with Crippen LogP contribution in [-0.2, 0) is 4.79 Å². The first-order chi connectivity index (χ1) is 9.27. The number of benzene rings is 1. The van der Waals surface area contributed by atoms with E-state index >= 15 is 0 Å². The summed E-state index contributed by atoms with van der Waals surface area (Å²) in [5, 5.41) is 18.8. The lowest BCUT2D eigenvalue weighted by atomic mass is 9.97. The number of aromatic nitrogens is 3. The summed E-state index contributed by atoms with van der Waals surface area (Å²) in [6.07, 6.45) is 2.67. The molecule has 0 radical (unpaired) electrons. The molecule has 0 aliphatic rings. The Morgan fingerprint density at radius 3 is 2.68 bits per heavy atom. The van der Waals surface area contributed by atoms with Crippen molar-refractivity contribution in [3.8, 4) is 0 Å². The number of likely N-dealkylation sites (N-methyl/N-ethyl adjacent to an activating group) is 1.